The molecule has 1 rings (SSSR count). The molecule has 0 spiro atoms. The Morgan fingerprint density at radius 1 is 1.40 bits per heavy atom. The van der Waals surface area contributed by atoms with Crippen molar-refractivity contribution in [3.8, 4) is 0 Å². The average molecular weight is 214 g/mol. The van der Waals surface area contributed by atoms with Crippen LogP contribution in [0, 0.1) is 5.41 Å². The zero-order valence-electron chi connectivity index (χ0n) is 9.55. The van der Waals surface area contributed by atoms with Crippen LogP contribution in [0.3, 0.4) is 0 Å². The summed E-state index contributed by atoms with van der Waals surface area (Å²) in [5.41, 5.74) is 5.36. The molecule has 4 nitrogen and oxygen atoms in total. The fraction of sp³-hybridized carbons (Fsp3) is 0.909. The molecule has 0 aliphatic heterocycles. The standard InChI is InChI=1S/C11H22N2O2/c1-15-8-4-2-3-7-13-10(14)11(9-12)5-6-11/h2-9,12H2,1H3,(H,13,14). The van der Waals surface area contributed by atoms with E-state index in [1.165, 1.54) is 0 Å². The summed E-state index contributed by atoms with van der Waals surface area (Å²) in [6.45, 7) is 2.06. The van der Waals surface area contributed by atoms with E-state index in [1.54, 1.807) is 7.11 Å². The number of amides is 1. The number of carbonyl (C=O) groups is 1. The fourth-order valence-corrected chi connectivity index (χ4v) is 1.61. The van der Waals surface area contributed by atoms with Crippen LogP contribution in [0.5, 0.6) is 0 Å². The third-order valence-electron chi connectivity index (χ3n) is 3.04. The second-order valence-corrected chi connectivity index (χ2v) is 4.29. The number of nitrogens with two attached hydrogens (primary N) is 1. The van der Waals surface area contributed by atoms with Gasteiger partial charge in [0.05, 0.1) is 5.41 Å². The Bertz CT molecular complexity index is 203. The Balaban J connectivity index is 1.98. The molecule has 4 heteroatoms. The Labute approximate surface area is 91.5 Å². The molecule has 0 heterocycles. The number of ether oxygens (including phenoxy) is 1. The van der Waals surface area contributed by atoms with Gasteiger partial charge in [0.2, 0.25) is 5.91 Å². The molecule has 0 unspecified atom stereocenters. The summed E-state index contributed by atoms with van der Waals surface area (Å²) in [5.74, 6) is 0.150. The maximum Gasteiger partial charge on any atom is 0.227 e. The summed E-state index contributed by atoms with van der Waals surface area (Å²) in [6, 6.07) is 0. The van der Waals surface area contributed by atoms with E-state index in [-0.39, 0.29) is 11.3 Å². The number of hydrogen-bond donors (Lipinski definition) is 2. The smallest absolute Gasteiger partial charge is 0.227 e. The lowest BCUT2D eigenvalue weighted by Crippen LogP contribution is -2.37. The molecule has 15 heavy (non-hydrogen) atoms. The monoisotopic (exact) mass is 214 g/mol. The molecule has 0 atom stereocenters. The van der Waals surface area contributed by atoms with Crippen LogP contribution >= 0.6 is 0 Å². The molecule has 0 bridgehead atoms. The van der Waals surface area contributed by atoms with Gasteiger partial charge in [-0.25, -0.2) is 0 Å². The first kappa shape index (κ1) is 12.5. The largest absolute Gasteiger partial charge is 0.385 e. The Hall–Kier alpha value is -0.610. The first-order valence-corrected chi connectivity index (χ1v) is 5.72. The predicted octanol–water partition coefficient (Wildman–Crippen LogP) is 0.658. The van der Waals surface area contributed by atoms with Crippen molar-refractivity contribution >= 4 is 5.91 Å². The summed E-state index contributed by atoms with van der Waals surface area (Å²) in [6.07, 6.45) is 5.10. The van der Waals surface area contributed by atoms with Crippen molar-refractivity contribution in [2.45, 2.75) is 32.1 Å². The number of rotatable bonds is 8. The highest BCUT2D eigenvalue weighted by molar-refractivity contribution is 5.85. The molecule has 1 amide bonds. The minimum atomic E-state index is -0.202. The van der Waals surface area contributed by atoms with Crippen molar-refractivity contribution in [2.24, 2.45) is 11.1 Å². The third kappa shape index (κ3) is 3.80. The Morgan fingerprint density at radius 2 is 2.13 bits per heavy atom. The van der Waals surface area contributed by atoms with Gasteiger partial charge in [-0.3, -0.25) is 4.79 Å². The highest BCUT2D eigenvalue weighted by Crippen LogP contribution is 2.44. The molecule has 3 N–H and O–H groups in total. The lowest BCUT2D eigenvalue weighted by molar-refractivity contribution is -0.125. The van der Waals surface area contributed by atoms with E-state index in [4.69, 9.17) is 10.5 Å². The van der Waals surface area contributed by atoms with Gasteiger partial charge in [-0.2, -0.15) is 0 Å². The summed E-state index contributed by atoms with van der Waals surface area (Å²) in [4.78, 5) is 11.6. The van der Waals surface area contributed by atoms with Gasteiger partial charge < -0.3 is 15.8 Å². The van der Waals surface area contributed by atoms with Crippen molar-refractivity contribution < 1.29 is 9.53 Å². The van der Waals surface area contributed by atoms with E-state index in [0.29, 0.717) is 6.54 Å². The maximum atomic E-state index is 11.6. The molecule has 1 aliphatic rings. The fourth-order valence-electron chi connectivity index (χ4n) is 1.61. The van der Waals surface area contributed by atoms with E-state index in [9.17, 15) is 4.79 Å². The Morgan fingerprint density at radius 3 is 2.67 bits per heavy atom. The van der Waals surface area contributed by atoms with Gasteiger partial charge in [-0.05, 0) is 32.1 Å². The lowest BCUT2D eigenvalue weighted by Gasteiger charge is -2.12. The van der Waals surface area contributed by atoms with Crippen LogP contribution in [0.15, 0.2) is 0 Å². The highest BCUT2D eigenvalue weighted by atomic mass is 16.5. The van der Waals surface area contributed by atoms with Crippen LogP contribution < -0.4 is 11.1 Å². The minimum absolute atomic E-state index is 0.150. The number of carbonyl (C=O) groups excluding carboxylic acids is 1. The molecule has 1 saturated carbocycles. The van der Waals surface area contributed by atoms with Crippen LogP contribution in [0.2, 0.25) is 0 Å². The molecule has 1 fully saturated rings. The van der Waals surface area contributed by atoms with Crippen LogP contribution in [0.1, 0.15) is 32.1 Å². The first-order valence-electron chi connectivity index (χ1n) is 5.72. The van der Waals surface area contributed by atoms with Crippen LogP contribution in [-0.4, -0.2) is 32.7 Å². The summed E-state index contributed by atoms with van der Waals surface area (Å²) >= 11 is 0. The highest BCUT2D eigenvalue weighted by Gasteiger charge is 2.48. The van der Waals surface area contributed by atoms with Crippen molar-refractivity contribution in [1.82, 2.24) is 5.32 Å². The zero-order chi connectivity index (χ0) is 11.1. The SMILES string of the molecule is COCCCCCNC(=O)C1(CN)CC1. The minimum Gasteiger partial charge on any atom is -0.385 e. The van der Waals surface area contributed by atoms with Crippen LogP contribution in [-0.2, 0) is 9.53 Å². The van der Waals surface area contributed by atoms with Crippen LogP contribution in [0.4, 0.5) is 0 Å². The molecule has 0 aromatic heterocycles. The van der Waals surface area contributed by atoms with Gasteiger partial charge in [0, 0.05) is 26.8 Å². The van der Waals surface area contributed by atoms with Gasteiger partial charge in [0.1, 0.15) is 0 Å². The third-order valence-corrected chi connectivity index (χ3v) is 3.04. The van der Waals surface area contributed by atoms with Crippen molar-refractivity contribution in [3.63, 3.8) is 0 Å². The van der Waals surface area contributed by atoms with Gasteiger partial charge in [-0.15, -0.1) is 0 Å². The van der Waals surface area contributed by atoms with Crippen molar-refractivity contribution in [1.29, 1.82) is 0 Å². The van der Waals surface area contributed by atoms with Gasteiger partial charge in [0.15, 0.2) is 0 Å². The molecule has 0 aromatic carbocycles. The molecule has 0 radical (unpaired) electrons. The molecular formula is C11H22N2O2. The van der Waals surface area contributed by atoms with Gasteiger partial charge in [0.25, 0.3) is 0 Å². The molecule has 88 valence electrons. The second kappa shape index (κ2) is 6.08. The topological polar surface area (TPSA) is 64.3 Å². The Kier molecular flexibility index (Phi) is 5.05. The van der Waals surface area contributed by atoms with Crippen molar-refractivity contribution in [3.05, 3.63) is 0 Å². The van der Waals surface area contributed by atoms with E-state index in [0.717, 1.165) is 45.3 Å². The number of unbranched alkanes of at least 4 members (excludes halogenated alkanes) is 2. The summed E-state index contributed by atoms with van der Waals surface area (Å²) in [7, 11) is 1.71. The molecule has 0 saturated heterocycles. The predicted molar refractivity (Wildman–Crippen MR) is 59.5 cm³/mol. The first-order chi connectivity index (χ1) is 7.25. The molecular weight excluding hydrogens is 192 g/mol. The molecule has 1 aliphatic carbocycles. The van der Waals surface area contributed by atoms with E-state index in [1.807, 2.05) is 0 Å². The average Bonchev–Trinajstić information content (AvgIpc) is 3.03. The van der Waals surface area contributed by atoms with Gasteiger partial charge in [-0.1, -0.05) is 0 Å². The lowest BCUT2D eigenvalue weighted by atomic mass is 10.1. The molecule has 0 aromatic rings. The normalized spacial score (nSPS) is 17.5. The maximum absolute atomic E-state index is 11.6. The van der Waals surface area contributed by atoms with E-state index >= 15 is 0 Å². The quantitative estimate of drug-likeness (QED) is 0.583. The van der Waals surface area contributed by atoms with Crippen molar-refractivity contribution in [2.75, 3.05) is 26.8 Å². The second-order valence-electron chi connectivity index (χ2n) is 4.29. The number of hydrogen-bond acceptors (Lipinski definition) is 3. The summed E-state index contributed by atoms with van der Waals surface area (Å²) in [5, 5.41) is 2.95. The van der Waals surface area contributed by atoms with E-state index < -0.39 is 0 Å². The van der Waals surface area contributed by atoms with E-state index in [2.05, 4.69) is 5.32 Å². The van der Waals surface area contributed by atoms with Crippen LogP contribution in [0.25, 0.3) is 0 Å². The zero-order valence-corrected chi connectivity index (χ0v) is 9.55. The number of nitrogens with one attached hydrogen (secondary N) is 1. The number of methoxy groups -OCH3 is 1. The summed E-state index contributed by atoms with van der Waals surface area (Å²) < 4.78 is 4.95. The van der Waals surface area contributed by atoms with Gasteiger partial charge >= 0.3 is 0 Å².